The molecule has 0 heterocycles. The van der Waals surface area contributed by atoms with Crippen LogP contribution >= 0.6 is 11.6 Å². The van der Waals surface area contributed by atoms with Crippen LogP contribution in [0.25, 0.3) is 0 Å². The molecule has 0 radical (unpaired) electrons. The molecular formula is C15H28ClNO. The number of alkyl halides is 1. The predicted molar refractivity (Wildman–Crippen MR) is 77.9 cm³/mol. The summed E-state index contributed by atoms with van der Waals surface area (Å²) in [6.07, 6.45) is 10.7. The molecule has 0 saturated heterocycles. The van der Waals surface area contributed by atoms with Crippen LogP contribution < -0.4 is 5.32 Å². The second-order valence-electron chi connectivity index (χ2n) is 5.60. The Balaban J connectivity index is 2.08. The Labute approximate surface area is 117 Å². The fourth-order valence-electron chi connectivity index (χ4n) is 2.76. The van der Waals surface area contributed by atoms with Gasteiger partial charge >= 0.3 is 0 Å². The van der Waals surface area contributed by atoms with Crippen LogP contribution in [0.15, 0.2) is 0 Å². The van der Waals surface area contributed by atoms with E-state index < -0.39 is 0 Å². The van der Waals surface area contributed by atoms with Crippen LogP contribution in [0.5, 0.6) is 0 Å². The molecule has 0 aliphatic heterocycles. The van der Waals surface area contributed by atoms with E-state index in [0.29, 0.717) is 18.2 Å². The summed E-state index contributed by atoms with van der Waals surface area (Å²) in [4.78, 5) is 11.8. The van der Waals surface area contributed by atoms with Crippen LogP contribution in [0.2, 0.25) is 0 Å². The van der Waals surface area contributed by atoms with E-state index >= 15 is 0 Å². The minimum atomic E-state index is 0.230. The molecule has 0 bridgehead atoms. The van der Waals surface area contributed by atoms with Crippen molar-refractivity contribution in [3.63, 3.8) is 0 Å². The van der Waals surface area contributed by atoms with Gasteiger partial charge in [-0.3, -0.25) is 4.79 Å². The van der Waals surface area contributed by atoms with E-state index in [1.165, 1.54) is 32.1 Å². The van der Waals surface area contributed by atoms with Crippen molar-refractivity contribution in [2.45, 2.75) is 64.7 Å². The highest BCUT2D eigenvalue weighted by Gasteiger charge is 2.15. The van der Waals surface area contributed by atoms with Gasteiger partial charge in [-0.15, -0.1) is 11.6 Å². The number of halogens is 1. The molecule has 1 unspecified atom stereocenters. The average molecular weight is 274 g/mol. The molecule has 3 heteroatoms. The summed E-state index contributed by atoms with van der Waals surface area (Å²) in [7, 11) is 0. The molecule has 1 atom stereocenters. The van der Waals surface area contributed by atoms with Crippen molar-refractivity contribution in [2.75, 3.05) is 12.4 Å². The smallest absolute Gasteiger partial charge is 0.220 e. The molecule has 0 aromatic rings. The van der Waals surface area contributed by atoms with Crippen LogP contribution in [0, 0.1) is 11.8 Å². The summed E-state index contributed by atoms with van der Waals surface area (Å²) < 4.78 is 0. The largest absolute Gasteiger partial charge is 0.356 e. The summed E-state index contributed by atoms with van der Waals surface area (Å²) in [5.41, 5.74) is 0. The quantitative estimate of drug-likeness (QED) is 0.662. The topological polar surface area (TPSA) is 29.1 Å². The summed E-state index contributed by atoms with van der Waals surface area (Å²) in [6, 6.07) is 0. The maximum atomic E-state index is 11.8. The predicted octanol–water partition coefficient (Wildman–Crippen LogP) is 4.12. The lowest BCUT2D eigenvalue weighted by Crippen LogP contribution is -2.29. The first-order chi connectivity index (χ1) is 8.76. The lowest BCUT2D eigenvalue weighted by atomic mass is 9.86. The molecule has 1 aliphatic rings. The summed E-state index contributed by atoms with van der Waals surface area (Å²) >= 11 is 5.74. The average Bonchev–Trinajstić information content (AvgIpc) is 2.42. The van der Waals surface area contributed by atoms with Crippen molar-refractivity contribution in [3.05, 3.63) is 0 Å². The first-order valence-corrected chi connectivity index (χ1v) is 8.12. The van der Waals surface area contributed by atoms with Gasteiger partial charge in [0.25, 0.3) is 0 Å². The van der Waals surface area contributed by atoms with Crippen molar-refractivity contribution in [3.8, 4) is 0 Å². The fourth-order valence-corrected chi connectivity index (χ4v) is 3.07. The first-order valence-electron chi connectivity index (χ1n) is 7.59. The Kier molecular flexibility index (Phi) is 8.49. The van der Waals surface area contributed by atoms with Gasteiger partial charge in [-0.05, 0) is 24.7 Å². The van der Waals surface area contributed by atoms with Crippen LogP contribution in [0.3, 0.4) is 0 Å². The van der Waals surface area contributed by atoms with Gasteiger partial charge < -0.3 is 5.32 Å². The number of carbonyl (C=O) groups excluding carboxylic acids is 1. The number of amides is 1. The van der Waals surface area contributed by atoms with Gasteiger partial charge in [0.1, 0.15) is 0 Å². The highest BCUT2D eigenvalue weighted by molar-refractivity contribution is 6.17. The maximum absolute atomic E-state index is 11.8. The van der Waals surface area contributed by atoms with E-state index in [2.05, 4.69) is 12.2 Å². The van der Waals surface area contributed by atoms with Gasteiger partial charge in [-0.2, -0.15) is 0 Å². The van der Waals surface area contributed by atoms with E-state index in [0.717, 1.165) is 31.7 Å². The zero-order valence-electron chi connectivity index (χ0n) is 11.7. The number of carbonyl (C=O) groups is 1. The summed E-state index contributed by atoms with van der Waals surface area (Å²) in [5.74, 6) is 2.26. The van der Waals surface area contributed by atoms with Crippen LogP contribution in [-0.4, -0.2) is 18.3 Å². The summed E-state index contributed by atoms with van der Waals surface area (Å²) in [6.45, 7) is 2.96. The molecule has 1 fully saturated rings. The third-order valence-corrected chi connectivity index (χ3v) is 4.41. The van der Waals surface area contributed by atoms with E-state index in [1.807, 2.05) is 0 Å². The lowest BCUT2D eigenvalue weighted by molar-refractivity contribution is -0.121. The Bertz CT molecular complexity index is 216. The van der Waals surface area contributed by atoms with E-state index in [4.69, 9.17) is 11.6 Å². The Morgan fingerprint density at radius 3 is 2.67 bits per heavy atom. The van der Waals surface area contributed by atoms with Crippen LogP contribution in [0.1, 0.15) is 64.7 Å². The molecule has 1 saturated carbocycles. The van der Waals surface area contributed by atoms with E-state index in [-0.39, 0.29) is 5.91 Å². The highest BCUT2D eigenvalue weighted by Crippen LogP contribution is 2.27. The van der Waals surface area contributed by atoms with Crippen molar-refractivity contribution in [2.24, 2.45) is 11.8 Å². The maximum Gasteiger partial charge on any atom is 0.220 e. The van der Waals surface area contributed by atoms with Gasteiger partial charge in [0.2, 0.25) is 5.91 Å². The number of hydrogen-bond acceptors (Lipinski definition) is 1. The van der Waals surface area contributed by atoms with E-state index in [1.54, 1.807) is 0 Å². The lowest BCUT2D eigenvalue weighted by Gasteiger charge is -2.21. The number of nitrogens with one attached hydrogen (secondary N) is 1. The Hall–Kier alpha value is -0.240. The number of hydrogen-bond donors (Lipinski definition) is 1. The van der Waals surface area contributed by atoms with Crippen molar-refractivity contribution in [1.82, 2.24) is 5.32 Å². The third-order valence-electron chi connectivity index (χ3n) is 4.19. The fraction of sp³-hybridized carbons (Fsp3) is 0.933. The zero-order valence-corrected chi connectivity index (χ0v) is 12.5. The normalized spacial score (nSPS) is 18.6. The molecule has 18 heavy (non-hydrogen) atoms. The van der Waals surface area contributed by atoms with E-state index in [9.17, 15) is 4.79 Å². The zero-order chi connectivity index (χ0) is 13.2. The molecule has 1 amide bonds. The number of rotatable bonds is 8. The summed E-state index contributed by atoms with van der Waals surface area (Å²) in [5, 5.41) is 3.06. The highest BCUT2D eigenvalue weighted by atomic mass is 35.5. The van der Waals surface area contributed by atoms with Crippen molar-refractivity contribution < 1.29 is 4.79 Å². The second kappa shape index (κ2) is 9.66. The molecular weight excluding hydrogens is 246 g/mol. The van der Waals surface area contributed by atoms with Crippen molar-refractivity contribution >= 4 is 17.5 Å². The molecule has 0 aromatic heterocycles. The standard InChI is InChI=1S/C15H28ClNO/c1-2-13(10-11-16)12-17-15(18)9-8-14-6-4-3-5-7-14/h13-14H,2-12H2,1H3,(H,17,18). The van der Waals surface area contributed by atoms with Gasteiger partial charge in [-0.1, -0.05) is 45.4 Å². The minimum absolute atomic E-state index is 0.230. The molecule has 0 aromatic carbocycles. The Morgan fingerprint density at radius 1 is 1.33 bits per heavy atom. The SMILES string of the molecule is CCC(CCCl)CNC(=O)CCC1CCCCC1. The van der Waals surface area contributed by atoms with Crippen molar-refractivity contribution in [1.29, 1.82) is 0 Å². The first kappa shape index (κ1) is 15.8. The molecule has 1 rings (SSSR count). The third kappa shape index (κ3) is 6.63. The minimum Gasteiger partial charge on any atom is -0.356 e. The van der Waals surface area contributed by atoms with Gasteiger partial charge in [-0.25, -0.2) is 0 Å². The second-order valence-corrected chi connectivity index (χ2v) is 5.98. The van der Waals surface area contributed by atoms with Gasteiger partial charge in [0.15, 0.2) is 0 Å². The molecule has 1 aliphatic carbocycles. The Morgan fingerprint density at radius 2 is 2.06 bits per heavy atom. The van der Waals surface area contributed by atoms with Gasteiger partial charge in [0, 0.05) is 18.8 Å². The molecule has 2 nitrogen and oxygen atoms in total. The molecule has 1 N–H and O–H groups in total. The van der Waals surface area contributed by atoms with Crippen LogP contribution in [-0.2, 0) is 4.79 Å². The monoisotopic (exact) mass is 273 g/mol. The van der Waals surface area contributed by atoms with Crippen LogP contribution in [0.4, 0.5) is 0 Å². The molecule has 0 spiro atoms. The molecule has 106 valence electrons. The van der Waals surface area contributed by atoms with Gasteiger partial charge in [0.05, 0.1) is 0 Å².